The fraction of sp³-hybridized carbons (Fsp3) is 0. The van der Waals surface area contributed by atoms with Gasteiger partial charge in [-0.05, 0) is 74.5 Å². The van der Waals surface area contributed by atoms with Crippen LogP contribution in [0.25, 0.3) is 78.1 Å². The van der Waals surface area contributed by atoms with Gasteiger partial charge in [0.2, 0.25) is 0 Å². The number of rotatable bonds is 6. The number of aromatic nitrogens is 2. The zero-order valence-corrected chi connectivity index (χ0v) is 26.1. The minimum Gasteiger partial charge on any atom is -0.228 e. The minimum atomic E-state index is 0.675. The summed E-state index contributed by atoms with van der Waals surface area (Å²) < 4.78 is 0. The summed E-state index contributed by atoms with van der Waals surface area (Å²) in [7, 11) is 0. The smallest absolute Gasteiger partial charge is 0.160 e. The highest BCUT2D eigenvalue weighted by Crippen LogP contribution is 2.33. The van der Waals surface area contributed by atoms with Crippen LogP contribution in [0, 0.1) is 11.3 Å². The van der Waals surface area contributed by atoms with Crippen LogP contribution in [0.15, 0.2) is 176 Å². The number of hydrogen-bond donors (Lipinski definition) is 0. The molecule has 8 aromatic rings. The van der Waals surface area contributed by atoms with Crippen LogP contribution in [-0.2, 0) is 0 Å². The van der Waals surface area contributed by atoms with Gasteiger partial charge in [-0.1, -0.05) is 146 Å². The Kier molecular flexibility index (Phi) is 7.59. The summed E-state index contributed by atoms with van der Waals surface area (Å²) in [6.45, 7) is 0. The van der Waals surface area contributed by atoms with E-state index in [9.17, 15) is 5.26 Å². The Morgan fingerprint density at radius 3 is 1.46 bits per heavy atom. The van der Waals surface area contributed by atoms with Crippen LogP contribution < -0.4 is 0 Å². The number of nitrogens with zero attached hydrogens (tertiary/aromatic N) is 3. The number of hydrogen-bond acceptors (Lipinski definition) is 3. The van der Waals surface area contributed by atoms with E-state index >= 15 is 0 Å². The second-order valence-corrected chi connectivity index (χ2v) is 11.8. The molecule has 0 spiro atoms. The molecule has 0 fully saturated rings. The first-order valence-corrected chi connectivity index (χ1v) is 16.0. The maximum atomic E-state index is 9.24. The fourth-order valence-corrected chi connectivity index (χ4v) is 6.13. The minimum absolute atomic E-state index is 0.675. The van der Waals surface area contributed by atoms with Gasteiger partial charge in [0, 0.05) is 16.7 Å². The molecule has 0 aliphatic rings. The van der Waals surface area contributed by atoms with Gasteiger partial charge in [0.15, 0.2) is 5.82 Å². The fourth-order valence-electron chi connectivity index (χ4n) is 6.13. The molecule has 1 aromatic heterocycles. The molecule has 48 heavy (non-hydrogen) atoms. The zero-order chi connectivity index (χ0) is 32.3. The van der Waals surface area contributed by atoms with Crippen LogP contribution in [0.5, 0.6) is 0 Å². The summed E-state index contributed by atoms with van der Waals surface area (Å²) in [4.78, 5) is 10.1. The molecular formula is C45H29N3. The highest BCUT2D eigenvalue weighted by molar-refractivity contribution is 5.88. The Morgan fingerprint density at radius 2 is 0.792 bits per heavy atom. The van der Waals surface area contributed by atoms with Crippen LogP contribution in [0.1, 0.15) is 5.56 Å². The lowest BCUT2D eigenvalue weighted by Crippen LogP contribution is -1.96. The van der Waals surface area contributed by atoms with E-state index in [1.54, 1.807) is 0 Å². The molecule has 7 aromatic carbocycles. The quantitative estimate of drug-likeness (QED) is 0.188. The van der Waals surface area contributed by atoms with Crippen molar-refractivity contribution in [3.63, 3.8) is 0 Å². The molecule has 0 amide bonds. The molecule has 0 bridgehead atoms. The van der Waals surface area contributed by atoms with Gasteiger partial charge < -0.3 is 0 Å². The maximum absolute atomic E-state index is 9.24. The Bertz CT molecular complexity index is 2420. The van der Waals surface area contributed by atoms with Crippen LogP contribution in [0.3, 0.4) is 0 Å². The molecule has 0 saturated carbocycles. The van der Waals surface area contributed by atoms with Gasteiger partial charge >= 0.3 is 0 Å². The first-order valence-electron chi connectivity index (χ1n) is 16.0. The van der Waals surface area contributed by atoms with Crippen molar-refractivity contribution in [1.29, 1.82) is 5.26 Å². The van der Waals surface area contributed by atoms with Crippen LogP contribution in [-0.4, -0.2) is 9.97 Å². The Labute approximate surface area is 280 Å². The van der Waals surface area contributed by atoms with Gasteiger partial charge in [-0.3, -0.25) is 0 Å². The van der Waals surface area contributed by atoms with E-state index in [-0.39, 0.29) is 0 Å². The van der Waals surface area contributed by atoms with E-state index in [1.807, 2.05) is 42.5 Å². The van der Waals surface area contributed by atoms with Crippen molar-refractivity contribution in [2.75, 3.05) is 0 Å². The summed E-state index contributed by atoms with van der Waals surface area (Å²) in [6.07, 6.45) is 0. The van der Waals surface area contributed by atoms with Gasteiger partial charge in [-0.2, -0.15) is 5.26 Å². The molecule has 0 N–H and O–H groups in total. The molecule has 0 saturated heterocycles. The standard InChI is InChI=1S/C45H29N3/c46-30-31-14-15-41-27-40(25-24-39(41)26-31)35-18-16-34(17-19-35)38-12-7-13-42(28-38)44-29-43(47-45(48-44)37-10-5-2-6-11-37)36-22-20-33(21-23-36)32-8-3-1-4-9-32/h1-29H. The van der Waals surface area contributed by atoms with Gasteiger partial charge in [0.1, 0.15) is 0 Å². The molecule has 0 radical (unpaired) electrons. The second kappa shape index (κ2) is 12.6. The van der Waals surface area contributed by atoms with Gasteiger partial charge in [0.25, 0.3) is 0 Å². The molecule has 0 aliphatic carbocycles. The van der Waals surface area contributed by atoms with E-state index < -0.39 is 0 Å². The van der Waals surface area contributed by atoms with Crippen molar-refractivity contribution in [2.24, 2.45) is 0 Å². The molecule has 0 unspecified atom stereocenters. The van der Waals surface area contributed by atoms with E-state index in [1.165, 1.54) is 11.1 Å². The van der Waals surface area contributed by atoms with Crippen LogP contribution in [0.4, 0.5) is 0 Å². The van der Waals surface area contributed by atoms with Crippen molar-refractivity contribution in [2.45, 2.75) is 0 Å². The average Bonchev–Trinajstić information content (AvgIpc) is 3.18. The Hall–Kier alpha value is -6.63. The largest absolute Gasteiger partial charge is 0.228 e. The van der Waals surface area contributed by atoms with E-state index in [0.29, 0.717) is 11.4 Å². The lowest BCUT2D eigenvalue weighted by Gasteiger charge is -2.11. The number of nitriles is 1. The third kappa shape index (κ3) is 5.87. The summed E-state index contributed by atoms with van der Waals surface area (Å²) in [5.74, 6) is 0.698. The summed E-state index contributed by atoms with van der Waals surface area (Å²) in [5.41, 5.74) is 12.4. The average molecular weight is 612 g/mol. The molecular weight excluding hydrogens is 583 g/mol. The lowest BCUT2D eigenvalue weighted by molar-refractivity contribution is 1.18. The van der Waals surface area contributed by atoms with Crippen molar-refractivity contribution in [3.8, 4) is 73.4 Å². The molecule has 1 heterocycles. The van der Waals surface area contributed by atoms with Crippen molar-refractivity contribution in [1.82, 2.24) is 9.97 Å². The number of fused-ring (bicyclic) bond motifs is 1. The molecule has 0 aliphatic heterocycles. The van der Waals surface area contributed by atoms with E-state index in [2.05, 4.69) is 140 Å². The molecule has 3 nitrogen and oxygen atoms in total. The predicted octanol–water partition coefficient (Wildman–Crippen LogP) is 11.5. The third-order valence-electron chi connectivity index (χ3n) is 8.73. The lowest BCUT2D eigenvalue weighted by atomic mass is 9.96. The summed E-state index contributed by atoms with van der Waals surface area (Å²) >= 11 is 0. The zero-order valence-electron chi connectivity index (χ0n) is 26.1. The van der Waals surface area contributed by atoms with Gasteiger partial charge in [-0.15, -0.1) is 0 Å². The predicted molar refractivity (Wildman–Crippen MR) is 197 cm³/mol. The van der Waals surface area contributed by atoms with Gasteiger partial charge in [-0.25, -0.2) is 9.97 Å². The molecule has 224 valence electrons. The van der Waals surface area contributed by atoms with E-state index in [0.717, 1.165) is 61.1 Å². The second-order valence-electron chi connectivity index (χ2n) is 11.8. The maximum Gasteiger partial charge on any atom is 0.160 e. The van der Waals surface area contributed by atoms with Crippen LogP contribution in [0.2, 0.25) is 0 Å². The highest BCUT2D eigenvalue weighted by Gasteiger charge is 2.12. The first kappa shape index (κ1) is 28.8. The Balaban J connectivity index is 1.13. The normalized spacial score (nSPS) is 10.9. The van der Waals surface area contributed by atoms with Crippen molar-refractivity contribution in [3.05, 3.63) is 181 Å². The molecule has 8 rings (SSSR count). The molecule has 0 atom stereocenters. The number of benzene rings is 7. The SMILES string of the molecule is N#Cc1ccc2cc(-c3ccc(-c4cccc(-c5cc(-c6ccc(-c7ccccc7)cc6)nc(-c6ccccc6)n5)c4)cc3)ccc2c1. The first-order chi connectivity index (χ1) is 23.7. The van der Waals surface area contributed by atoms with Gasteiger partial charge in [0.05, 0.1) is 23.0 Å². The monoisotopic (exact) mass is 611 g/mol. The topological polar surface area (TPSA) is 49.6 Å². The highest BCUT2D eigenvalue weighted by atomic mass is 14.9. The van der Waals surface area contributed by atoms with Crippen LogP contribution >= 0.6 is 0 Å². The summed E-state index contributed by atoms with van der Waals surface area (Å²) in [6, 6.07) is 62.9. The Morgan fingerprint density at radius 1 is 0.333 bits per heavy atom. The van der Waals surface area contributed by atoms with Crippen molar-refractivity contribution >= 4 is 10.8 Å². The summed E-state index contributed by atoms with van der Waals surface area (Å²) in [5, 5.41) is 11.4. The third-order valence-corrected chi connectivity index (χ3v) is 8.73. The van der Waals surface area contributed by atoms with E-state index in [4.69, 9.17) is 9.97 Å². The molecule has 3 heteroatoms. The van der Waals surface area contributed by atoms with Crippen molar-refractivity contribution < 1.29 is 0 Å².